The Hall–Kier alpha value is -1.59. The smallest absolute Gasteiger partial charge is 0.245 e. The summed E-state index contributed by atoms with van der Waals surface area (Å²) in [5, 5.41) is 14.9. The van der Waals surface area contributed by atoms with Crippen LogP contribution in [-0.2, 0) is 20.6 Å². The Labute approximate surface area is 171 Å². The van der Waals surface area contributed by atoms with E-state index in [0.29, 0.717) is 31.0 Å². The van der Waals surface area contributed by atoms with Gasteiger partial charge in [0.15, 0.2) is 0 Å². The van der Waals surface area contributed by atoms with Crippen molar-refractivity contribution >= 4 is 23.4 Å². The normalized spacial score (nSPS) is 30.2. The van der Waals surface area contributed by atoms with Gasteiger partial charge >= 0.3 is 0 Å². The number of nitrogens with zero attached hydrogens (tertiary/aromatic N) is 1. The minimum absolute atomic E-state index is 0.0122. The Morgan fingerprint density at radius 1 is 1.32 bits per heavy atom. The SMILES string of the molecule is CC[C@@H](NC(=O)C1CCCC1)C(=O)N1CC[C@]2(O)c3ccc(Cl)cc3C2(C)C1. The molecule has 1 saturated heterocycles. The molecule has 1 aromatic rings. The van der Waals surface area contributed by atoms with Crippen LogP contribution in [0.15, 0.2) is 18.2 Å². The molecule has 6 heteroatoms. The van der Waals surface area contributed by atoms with Crippen molar-refractivity contribution in [2.24, 2.45) is 5.92 Å². The van der Waals surface area contributed by atoms with E-state index in [1.54, 1.807) is 11.0 Å². The number of fused-ring (bicyclic) bond motifs is 4. The lowest BCUT2D eigenvalue weighted by molar-refractivity contribution is -0.154. The summed E-state index contributed by atoms with van der Waals surface area (Å²) in [5.41, 5.74) is 0.490. The van der Waals surface area contributed by atoms with Gasteiger partial charge in [0.25, 0.3) is 0 Å². The molecule has 3 aliphatic rings. The number of piperidine rings is 1. The summed E-state index contributed by atoms with van der Waals surface area (Å²) in [7, 11) is 0. The van der Waals surface area contributed by atoms with E-state index in [4.69, 9.17) is 11.6 Å². The van der Waals surface area contributed by atoms with Crippen LogP contribution in [0.25, 0.3) is 0 Å². The second kappa shape index (κ2) is 7.03. The van der Waals surface area contributed by atoms with Gasteiger partial charge in [0.2, 0.25) is 11.8 Å². The second-order valence-electron chi connectivity index (χ2n) is 8.84. The first-order chi connectivity index (χ1) is 13.3. The van der Waals surface area contributed by atoms with E-state index in [-0.39, 0.29) is 17.7 Å². The molecule has 4 rings (SSSR count). The predicted octanol–water partition coefficient (Wildman–Crippen LogP) is 3.12. The highest BCUT2D eigenvalue weighted by molar-refractivity contribution is 6.30. The summed E-state index contributed by atoms with van der Waals surface area (Å²) in [6, 6.07) is 5.11. The van der Waals surface area contributed by atoms with E-state index in [2.05, 4.69) is 5.32 Å². The molecule has 1 aromatic carbocycles. The van der Waals surface area contributed by atoms with Gasteiger partial charge in [-0.2, -0.15) is 0 Å². The maximum absolute atomic E-state index is 13.2. The van der Waals surface area contributed by atoms with Crippen LogP contribution in [0.4, 0.5) is 0 Å². The van der Waals surface area contributed by atoms with Gasteiger partial charge in [-0.1, -0.05) is 44.4 Å². The highest BCUT2D eigenvalue weighted by Gasteiger charge is 2.62. The Morgan fingerprint density at radius 3 is 2.71 bits per heavy atom. The van der Waals surface area contributed by atoms with E-state index in [1.165, 1.54) is 0 Å². The molecule has 152 valence electrons. The maximum atomic E-state index is 13.2. The second-order valence-corrected chi connectivity index (χ2v) is 9.28. The quantitative estimate of drug-likeness (QED) is 0.810. The number of aliphatic hydroxyl groups is 1. The van der Waals surface area contributed by atoms with Crippen LogP contribution in [0.2, 0.25) is 5.02 Å². The molecule has 1 unspecified atom stereocenters. The van der Waals surface area contributed by atoms with E-state index in [1.807, 2.05) is 26.0 Å². The fourth-order valence-corrected chi connectivity index (χ4v) is 5.57. The van der Waals surface area contributed by atoms with Gasteiger partial charge in [-0.3, -0.25) is 9.59 Å². The Bertz CT molecular complexity index is 807. The molecule has 3 atom stereocenters. The van der Waals surface area contributed by atoms with Crippen LogP contribution < -0.4 is 5.32 Å². The fourth-order valence-electron chi connectivity index (χ4n) is 5.40. The molecule has 2 aliphatic carbocycles. The van der Waals surface area contributed by atoms with E-state index in [0.717, 1.165) is 36.8 Å². The van der Waals surface area contributed by atoms with Crippen molar-refractivity contribution in [3.63, 3.8) is 0 Å². The summed E-state index contributed by atoms with van der Waals surface area (Å²) >= 11 is 6.17. The number of amides is 2. The van der Waals surface area contributed by atoms with Crippen LogP contribution in [0.3, 0.4) is 0 Å². The number of carbonyl (C=O) groups is 2. The number of hydrogen-bond donors (Lipinski definition) is 2. The molecule has 2 amide bonds. The van der Waals surface area contributed by atoms with Gasteiger partial charge in [0, 0.05) is 29.4 Å². The van der Waals surface area contributed by atoms with E-state index in [9.17, 15) is 14.7 Å². The van der Waals surface area contributed by atoms with Gasteiger partial charge in [-0.15, -0.1) is 0 Å². The van der Waals surface area contributed by atoms with Crippen LogP contribution in [0, 0.1) is 5.92 Å². The average molecular weight is 405 g/mol. The van der Waals surface area contributed by atoms with Gasteiger partial charge in [0.1, 0.15) is 11.6 Å². The standard InChI is InChI=1S/C22H29ClN2O3/c1-3-18(24-19(26)14-6-4-5-7-14)20(27)25-11-10-22(28)16-9-8-15(23)12-17(16)21(22,2)13-25/h8-9,12,14,18,28H,3-7,10-11,13H2,1-2H3,(H,24,26)/t18-,21?,22+/m1/s1. The van der Waals surface area contributed by atoms with Crippen LogP contribution in [0.5, 0.6) is 0 Å². The third-order valence-corrected chi connectivity index (χ3v) is 7.48. The first-order valence-electron chi connectivity index (χ1n) is 10.4. The van der Waals surface area contributed by atoms with Gasteiger partial charge < -0.3 is 15.3 Å². The van der Waals surface area contributed by atoms with Gasteiger partial charge in [0.05, 0.1) is 0 Å². The molecule has 28 heavy (non-hydrogen) atoms. The van der Waals surface area contributed by atoms with Crippen molar-refractivity contribution in [2.75, 3.05) is 13.1 Å². The molecule has 1 saturated carbocycles. The molecule has 0 aromatic heterocycles. The maximum Gasteiger partial charge on any atom is 0.245 e. The first kappa shape index (κ1) is 19.7. The zero-order valence-electron chi connectivity index (χ0n) is 16.6. The Balaban J connectivity index is 1.49. The third-order valence-electron chi connectivity index (χ3n) is 7.25. The van der Waals surface area contributed by atoms with E-state index < -0.39 is 17.1 Å². The number of benzene rings is 1. The molecule has 0 radical (unpaired) electrons. The third kappa shape index (κ3) is 2.86. The molecule has 1 aliphatic heterocycles. The summed E-state index contributed by atoms with van der Waals surface area (Å²) in [6.07, 6.45) is 5.08. The Morgan fingerprint density at radius 2 is 2.04 bits per heavy atom. The molecule has 2 N–H and O–H groups in total. The summed E-state index contributed by atoms with van der Waals surface area (Å²) in [6.45, 7) is 4.86. The number of nitrogens with one attached hydrogen (secondary N) is 1. The number of likely N-dealkylation sites (tertiary alicyclic amines) is 1. The van der Waals surface area contributed by atoms with Crippen LogP contribution >= 0.6 is 11.6 Å². The largest absolute Gasteiger partial charge is 0.384 e. The highest BCUT2D eigenvalue weighted by Crippen LogP contribution is 2.59. The van der Waals surface area contributed by atoms with Crippen molar-refractivity contribution < 1.29 is 14.7 Å². The monoisotopic (exact) mass is 404 g/mol. The minimum Gasteiger partial charge on any atom is -0.384 e. The van der Waals surface area contributed by atoms with Crippen molar-refractivity contribution in [3.05, 3.63) is 34.3 Å². The van der Waals surface area contributed by atoms with E-state index >= 15 is 0 Å². The summed E-state index contributed by atoms with van der Waals surface area (Å²) < 4.78 is 0. The van der Waals surface area contributed by atoms with Crippen molar-refractivity contribution in [1.82, 2.24) is 10.2 Å². The number of hydrogen-bond acceptors (Lipinski definition) is 3. The molecule has 0 bridgehead atoms. The van der Waals surface area contributed by atoms with Gasteiger partial charge in [-0.25, -0.2) is 0 Å². The van der Waals surface area contributed by atoms with Crippen molar-refractivity contribution in [1.29, 1.82) is 0 Å². The lowest BCUT2D eigenvalue weighted by Crippen LogP contribution is -2.68. The first-order valence-corrected chi connectivity index (χ1v) is 10.8. The summed E-state index contributed by atoms with van der Waals surface area (Å²) in [5.74, 6) is 0.0114. The Kier molecular flexibility index (Phi) is 4.95. The van der Waals surface area contributed by atoms with Crippen LogP contribution in [0.1, 0.15) is 63.5 Å². The molecule has 5 nitrogen and oxygen atoms in total. The molecular weight excluding hydrogens is 376 g/mol. The topological polar surface area (TPSA) is 69.6 Å². The number of rotatable bonds is 4. The molecular formula is C22H29ClN2O3. The zero-order valence-corrected chi connectivity index (χ0v) is 17.4. The van der Waals surface area contributed by atoms with Crippen LogP contribution in [-0.4, -0.2) is 41.0 Å². The number of halogens is 1. The molecule has 2 fully saturated rings. The fraction of sp³-hybridized carbons (Fsp3) is 0.636. The van der Waals surface area contributed by atoms with Gasteiger partial charge in [-0.05, 0) is 48.9 Å². The number of carbonyl (C=O) groups excluding carboxylic acids is 2. The highest BCUT2D eigenvalue weighted by atomic mass is 35.5. The lowest BCUT2D eigenvalue weighted by Gasteiger charge is -2.60. The predicted molar refractivity (Wildman–Crippen MR) is 108 cm³/mol. The molecule has 0 spiro atoms. The lowest BCUT2D eigenvalue weighted by atomic mass is 9.51. The van der Waals surface area contributed by atoms with Crippen molar-refractivity contribution in [2.45, 2.75) is 69.4 Å². The zero-order chi connectivity index (χ0) is 20.1. The minimum atomic E-state index is -0.918. The van der Waals surface area contributed by atoms with Crippen molar-refractivity contribution in [3.8, 4) is 0 Å². The summed E-state index contributed by atoms with van der Waals surface area (Å²) in [4.78, 5) is 27.5. The average Bonchev–Trinajstić information content (AvgIpc) is 3.22. The molecule has 1 heterocycles.